The summed E-state index contributed by atoms with van der Waals surface area (Å²) >= 11 is 11.2. The molecular formula is C18H32Cl4N2. The number of hydrogen-bond acceptors (Lipinski definition) is 2. The van der Waals surface area contributed by atoms with Crippen LogP contribution in [0.4, 0.5) is 0 Å². The summed E-state index contributed by atoms with van der Waals surface area (Å²) in [6.45, 7) is 7.47. The van der Waals surface area contributed by atoms with Crippen molar-refractivity contribution in [3.63, 3.8) is 0 Å². The summed E-state index contributed by atoms with van der Waals surface area (Å²) in [5, 5.41) is 4.51. The zero-order chi connectivity index (χ0) is 16.2. The van der Waals surface area contributed by atoms with Crippen LogP contribution in [-0.4, -0.2) is 38.1 Å². The lowest BCUT2D eigenvalue weighted by Crippen LogP contribution is -2.39. The monoisotopic (exact) mass is 416 g/mol. The number of hydrogen-bond donors (Lipinski definition) is 1. The van der Waals surface area contributed by atoms with Crippen LogP contribution in [0.15, 0.2) is 24.3 Å². The van der Waals surface area contributed by atoms with Crippen molar-refractivity contribution in [2.24, 2.45) is 5.92 Å². The average Bonchev–Trinajstić information content (AvgIpc) is 2.52. The first-order valence-electron chi connectivity index (χ1n) is 8.44. The molecule has 1 aromatic carbocycles. The lowest BCUT2D eigenvalue weighted by atomic mass is 9.98. The van der Waals surface area contributed by atoms with Crippen molar-refractivity contribution in [3.05, 3.63) is 34.3 Å². The topological polar surface area (TPSA) is 15.3 Å². The van der Waals surface area contributed by atoms with Crippen molar-refractivity contribution in [1.29, 1.82) is 0 Å². The lowest BCUT2D eigenvalue weighted by Gasteiger charge is -2.32. The van der Waals surface area contributed by atoms with Crippen LogP contribution in [0.3, 0.4) is 0 Å². The molecule has 6 heteroatoms. The van der Waals surface area contributed by atoms with Crippen molar-refractivity contribution in [1.82, 2.24) is 10.2 Å². The van der Waals surface area contributed by atoms with Gasteiger partial charge in [0.15, 0.2) is 0 Å². The van der Waals surface area contributed by atoms with Crippen molar-refractivity contribution in [2.45, 2.75) is 39.0 Å². The SMILES string of the molecule is CCCCCN1CCCC(CNC)C1.Cl.Cl.Clc1ccccc1Cl. The van der Waals surface area contributed by atoms with E-state index in [9.17, 15) is 0 Å². The van der Waals surface area contributed by atoms with Gasteiger partial charge in [-0.1, -0.05) is 55.1 Å². The number of unbranched alkanes of at least 4 members (excludes halogenated alkanes) is 2. The molecule has 0 aliphatic carbocycles. The summed E-state index contributed by atoms with van der Waals surface area (Å²) in [7, 11) is 2.07. The maximum absolute atomic E-state index is 5.58. The Labute approximate surface area is 170 Å². The number of nitrogens with one attached hydrogen (secondary N) is 1. The average molecular weight is 418 g/mol. The first-order valence-corrected chi connectivity index (χ1v) is 9.20. The Kier molecular flexibility index (Phi) is 18.5. The molecule has 1 unspecified atom stereocenters. The quantitative estimate of drug-likeness (QED) is 0.575. The maximum Gasteiger partial charge on any atom is 0.0592 e. The Morgan fingerprint density at radius 1 is 1.12 bits per heavy atom. The van der Waals surface area contributed by atoms with E-state index in [0.29, 0.717) is 10.0 Å². The second-order valence-corrected chi connectivity index (χ2v) is 6.80. The lowest BCUT2D eigenvalue weighted by molar-refractivity contribution is 0.171. The molecule has 24 heavy (non-hydrogen) atoms. The summed E-state index contributed by atoms with van der Waals surface area (Å²) in [5.74, 6) is 0.898. The molecular weight excluding hydrogens is 386 g/mol. The number of rotatable bonds is 6. The van der Waals surface area contributed by atoms with E-state index in [4.69, 9.17) is 23.2 Å². The van der Waals surface area contributed by atoms with Gasteiger partial charge in [0.05, 0.1) is 10.0 Å². The highest BCUT2D eigenvalue weighted by Crippen LogP contribution is 2.19. The normalized spacial score (nSPS) is 17.1. The van der Waals surface area contributed by atoms with Crippen LogP contribution in [0.25, 0.3) is 0 Å². The maximum atomic E-state index is 5.58. The second-order valence-electron chi connectivity index (χ2n) is 5.99. The third-order valence-electron chi connectivity index (χ3n) is 4.00. The Morgan fingerprint density at radius 3 is 2.25 bits per heavy atom. The molecule has 142 valence electrons. The number of benzene rings is 1. The summed E-state index contributed by atoms with van der Waals surface area (Å²) in [4.78, 5) is 2.65. The molecule has 0 bridgehead atoms. The summed E-state index contributed by atoms with van der Waals surface area (Å²) in [6, 6.07) is 7.19. The highest BCUT2D eigenvalue weighted by atomic mass is 35.5. The van der Waals surface area contributed by atoms with Gasteiger partial charge in [-0.25, -0.2) is 0 Å². The minimum Gasteiger partial charge on any atom is -0.319 e. The van der Waals surface area contributed by atoms with Gasteiger partial charge in [-0.2, -0.15) is 0 Å². The van der Waals surface area contributed by atoms with E-state index >= 15 is 0 Å². The Balaban J connectivity index is 0. The van der Waals surface area contributed by atoms with Crippen molar-refractivity contribution in [2.75, 3.05) is 33.2 Å². The molecule has 0 amide bonds. The molecule has 2 rings (SSSR count). The van der Waals surface area contributed by atoms with E-state index in [0.717, 1.165) is 5.92 Å². The largest absolute Gasteiger partial charge is 0.319 e. The van der Waals surface area contributed by atoms with Crippen LogP contribution >= 0.6 is 48.0 Å². The second kappa shape index (κ2) is 16.8. The van der Waals surface area contributed by atoms with Crippen LogP contribution in [0.5, 0.6) is 0 Å². The summed E-state index contributed by atoms with van der Waals surface area (Å²) in [6.07, 6.45) is 6.95. The van der Waals surface area contributed by atoms with Gasteiger partial charge in [0.1, 0.15) is 0 Å². The zero-order valence-electron chi connectivity index (χ0n) is 14.8. The number of halogens is 4. The predicted molar refractivity (Wildman–Crippen MR) is 114 cm³/mol. The Hall–Kier alpha value is 0.300. The standard InChI is InChI=1S/C12H26N2.C6H4Cl2.2ClH/c1-3-4-5-8-14-9-6-7-12(11-14)10-13-2;7-5-3-1-2-4-6(5)8;;/h12-13H,3-11H2,1-2H3;1-4H;2*1H. The number of likely N-dealkylation sites (tertiary alicyclic amines) is 1. The summed E-state index contributed by atoms with van der Waals surface area (Å²) < 4.78 is 0. The molecule has 1 heterocycles. The van der Waals surface area contributed by atoms with Crippen LogP contribution < -0.4 is 5.32 Å². The highest BCUT2D eigenvalue weighted by molar-refractivity contribution is 6.41. The van der Waals surface area contributed by atoms with E-state index in [1.165, 1.54) is 58.3 Å². The van der Waals surface area contributed by atoms with Crippen molar-refractivity contribution >= 4 is 48.0 Å². The fourth-order valence-electron chi connectivity index (χ4n) is 2.83. The van der Waals surface area contributed by atoms with E-state index in [-0.39, 0.29) is 24.8 Å². The summed E-state index contributed by atoms with van der Waals surface area (Å²) in [5.41, 5.74) is 0. The van der Waals surface area contributed by atoms with Crippen molar-refractivity contribution < 1.29 is 0 Å². The molecule has 0 spiro atoms. The molecule has 0 saturated carbocycles. The molecule has 1 fully saturated rings. The first-order chi connectivity index (χ1) is 10.7. The van der Waals surface area contributed by atoms with Crippen LogP contribution in [0.2, 0.25) is 10.0 Å². The third kappa shape index (κ3) is 11.8. The molecule has 1 aliphatic rings. The zero-order valence-corrected chi connectivity index (χ0v) is 17.9. The van der Waals surface area contributed by atoms with Crippen molar-refractivity contribution in [3.8, 4) is 0 Å². The molecule has 0 aromatic heterocycles. The Bertz CT molecular complexity index is 381. The van der Waals surface area contributed by atoms with E-state index in [1.54, 1.807) is 12.1 Å². The smallest absolute Gasteiger partial charge is 0.0592 e. The molecule has 1 aliphatic heterocycles. The molecule has 1 aromatic rings. The highest BCUT2D eigenvalue weighted by Gasteiger charge is 2.18. The first kappa shape index (κ1) is 26.5. The fraction of sp³-hybridized carbons (Fsp3) is 0.667. The van der Waals surface area contributed by atoms with Gasteiger partial charge < -0.3 is 10.2 Å². The van der Waals surface area contributed by atoms with Gasteiger partial charge in [0.25, 0.3) is 0 Å². The van der Waals surface area contributed by atoms with Crippen LogP contribution in [0, 0.1) is 5.92 Å². The third-order valence-corrected chi connectivity index (χ3v) is 4.75. The van der Waals surface area contributed by atoms with E-state index in [2.05, 4.69) is 24.2 Å². The fourth-order valence-corrected chi connectivity index (χ4v) is 3.11. The van der Waals surface area contributed by atoms with Gasteiger partial charge in [-0.3, -0.25) is 0 Å². The molecule has 1 N–H and O–H groups in total. The molecule has 0 radical (unpaired) electrons. The van der Waals surface area contributed by atoms with Crippen LogP contribution in [-0.2, 0) is 0 Å². The number of nitrogens with zero attached hydrogens (tertiary/aromatic N) is 1. The van der Waals surface area contributed by atoms with E-state index in [1.807, 2.05) is 12.1 Å². The van der Waals surface area contributed by atoms with Crippen LogP contribution in [0.1, 0.15) is 39.0 Å². The van der Waals surface area contributed by atoms with Gasteiger partial charge in [-0.15, -0.1) is 24.8 Å². The molecule has 2 nitrogen and oxygen atoms in total. The van der Waals surface area contributed by atoms with Gasteiger partial charge in [-0.05, 0) is 64.0 Å². The minimum atomic E-state index is 0. The van der Waals surface area contributed by atoms with Gasteiger partial charge in [0, 0.05) is 6.54 Å². The van der Waals surface area contributed by atoms with E-state index < -0.39 is 0 Å². The molecule has 1 saturated heterocycles. The Morgan fingerprint density at radius 2 is 1.75 bits per heavy atom. The molecule has 1 atom stereocenters. The van der Waals surface area contributed by atoms with Gasteiger partial charge in [0.2, 0.25) is 0 Å². The minimum absolute atomic E-state index is 0. The number of piperidine rings is 1. The predicted octanol–water partition coefficient (Wildman–Crippen LogP) is 5.95. The van der Waals surface area contributed by atoms with Gasteiger partial charge >= 0.3 is 0 Å².